The molecule has 3 aromatic rings. The molecule has 1 aliphatic rings. The average Bonchev–Trinajstić information content (AvgIpc) is 3.04. The van der Waals surface area contributed by atoms with Gasteiger partial charge in [0, 0.05) is 17.0 Å². The summed E-state index contributed by atoms with van der Waals surface area (Å²) in [6.07, 6.45) is 1.78. The molecule has 1 aliphatic heterocycles. The largest absolute Gasteiger partial charge is 0.399 e. The number of amides is 1. The average molecular weight is 363 g/mol. The van der Waals surface area contributed by atoms with E-state index in [-0.39, 0.29) is 11.8 Å². The van der Waals surface area contributed by atoms with Gasteiger partial charge in [-0.2, -0.15) is 5.10 Å². The predicted octanol–water partition coefficient (Wildman–Crippen LogP) is 3.40. The predicted molar refractivity (Wildman–Crippen MR) is 110 cm³/mol. The highest BCUT2D eigenvalue weighted by atomic mass is 16.2. The number of hydrogen-bond acceptors (Lipinski definition) is 4. The van der Waals surface area contributed by atoms with Gasteiger partial charge in [-0.25, -0.2) is 0 Å². The number of hydrogen-bond donors (Lipinski definition) is 3. The summed E-state index contributed by atoms with van der Waals surface area (Å²) < 4.78 is 0. The Bertz CT molecular complexity index is 985. The Balaban J connectivity index is 1.61. The number of nitrogens with two attached hydrogens (primary N) is 1. The molecule has 0 unspecified atom stereocenters. The summed E-state index contributed by atoms with van der Waals surface area (Å²) in [4.78, 5) is 14.9. The van der Waals surface area contributed by atoms with Crippen molar-refractivity contribution < 1.29 is 4.79 Å². The first-order chi connectivity index (χ1) is 13.0. The highest BCUT2D eigenvalue weighted by Gasteiger charge is 2.24. The number of carbonyl (C=O) groups excluding carboxylic acids is 1. The molecule has 0 bridgehead atoms. The van der Waals surface area contributed by atoms with Gasteiger partial charge in [-0.15, -0.1) is 0 Å². The zero-order valence-corrected chi connectivity index (χ0v) is 15.7. The van der Waals surface area contributed by atoms with Crippen molar-refractivity contribution in [3.05, 3.63) is 42.0 Å². The third kappa shape index (κ3) is 3.53. The molecule has 4 rings (SSSR count). The maximum atomic E-state index is 12.7. The van der Waals surface area contributed by atoms with Crippen LogP contribution in [-0.4, -0.2) is 41.1 Å². The van der Waals surface area contributed by atoms with Crippen molar-refractivity contribution in [1.29, 1.82) is 0 Å². The van der Waals surface area contributed by atoms with Crippen molar-refractivity contribution in [1.82, 2.24) is 15.1 Å². The number of carbonyl (C=O) groups is 1. The second kappa shape index (κ2) is 7.04. The van der Waals surface area contributed by atoms with Crippen LogP contribution < -0.4 is 11.1 Å². The molecule has 27 heavy (non-hydrogen) atoms. The van der Waals surface area contributed by atoms with E-state index in [2.05, 4.69) is 39.6 Å². The van der Waals surface area contributed by atoms with Gasteiger partial charge in [0.2, 0.25) is 5.91 Å². The second-order valence-electron chi connectivity index (χ2n) is 7.47. The maximum absolute atomic E-state index is 12.7. The number of nitrogen functional groups attached to an aromatic ring is 1. The summed E-state index contributed by atoms with van der Waals surface area (Å²) in [5, 5.41) is 11.3. The van der Waals surface area contributed by atoms with Gasteiger partial charge >= 0.3 is 0 Å². The fourth-order valence-corrected chi connectivity index (χ4v) is 3.78. The smallest absolute Gasteiger partial charge is 0.228 e. The monoisotopic (exact) mass is 363 g/mol. The number of likely N-dealkylation sites (tertiary alicyclic amines) is 1. The number of aromatic amines is 1. The quantitative estimate of drug-likeness (QED) is 0.623. The summed E-state index contributed by atoms with van der Waals surface area (Å²) in [7, 11) is 2.09. The van der Waals surface area contributed by atoms with Crippen LogP contribution in [0.1, 0.15) is 18.4 Å². The Hall–Kier alpha value is -2.86. The zero-order valence-electron chi connectivity index (χ0n) is 15.7. The first kappa shape index (κ1) is 17.5. The first-order valence-electron chi connectivity index (χ1n) is 9.35. The van der Waals surface area contributed by atoms with Crippen LogP contribution in [-0.2, 0) is 4.79 Å². The van der Waals surface area contributed by atoms with E-state index in [1.165, 1.54) is 0 Å². The van der Waals surface area contributed by atoms with Gasteiger partial charge in [-0.3, -0.25) is 9.89 Å². The van der Waals surface area contributed by atoms with Gasteiger partial charge in [-0.05, 0) is 80.9 Å². The first-order valence-corrected chi connectivity index (χ1v) is 9.35. The van der Waals surface area contributed by atoms with Crippen LogP contribution in [0, 0.1) is 12.8 Å². The van der Waals surface area contributed by atoms with Gasteiger partial charge in [0.25, 0.3) is 0 Å². The molecule has 6 heteroatoms. The molecule has 2 heterocycles. The lowest BCUT2D eigenvalue weighted by molar-refractivity contribution is -0.121. The van der Waals surface area contributed by atoms with Crippen molar-refractivity contribution in [2.75, 3.05) is 31.2 Å². The number of benzene rings is 2. The maximum Gasteiger partial charge on any atom is 0.228 e. The van der Waals surface area contributed by atoms with Gasteiger partial charge in [0.15, 0.2) is 5.82 Å². The van der Waals surface area contributed by atoms with E-state index in [1.54, 1.807) is 0 Å². The minimum Gasteiger partial charge on any atom is -0.399 e. The molecule has 0 spiro atoms. The van der Waals surface area contributed by atoms with Crippen LogP contribution >= 0.6 is 0 Å². The number of nitrogens with zero attached hydrogens (tertiary/aromatic N) is 2. The topological polar surface area (TPSA) is 87.0 Å². The Morgan fingerprint density at radius 2 is 2.00 bits per heavy atom. The van der Waals surface area contributed by atoms with Crippen LogP contribution in [0.15, 0.2) is 36.4 Å². The highest BCUT2D eigenvalue weighted by molar-refractivity contribution is 6.01. The molecular weight excluding hydrogens is 338 g/mol. The van der Waals surface area contributed by atoms with Crippen LogP contribution in [0.3, 0.4) is 0 Å². The van der Waals surface area contributed by atoms with Gasteiger partial charge in [0.05, 0.1) is 5.52 Å². The zero-order chi connectivity index (χ0) is 19.0. The number of piperidine rings is 1. The van der Waals surface area contributed by atoms with Crippen LogP contribution in [0.25, 0.3) is 22.0 Å². The summed E-state index contributed by atoms with van der Waals surface area (Å²) in [5.41, 5.74) is 10.9. The molecule has 1 amide bonds. The Labute approximate surface area is 158 Å². The lowest BCUT2D eigenvalue weighted by Gasteiger charge is -2.27. The van der Waals surface area contributed by atoms with Gasteiger partial charge < -0.3 is 16.0 Å². The normalized spacial score (nSPS) is 15.9. The molecule has 0 aliphatic carbocycles. The van der Waals surface area contributed by atoms with E-state index in [1.807, 2.05) is 31.2 Å². The molecule has 1 aromatic heterocycles. The van der Waals surface area contributed by atoms with Gasteiger partial charge in [-0.1, -0.05) is 12.1 Å². The number of aryl methyl sites for hydroxylation is 1. The Morgan fingerprint density at radius 3 is 2.74 bits per heavy atom. The number of rotatable bonds is 3. The van der Waals surface area contributed by atoms with E-state index in [0.29, 0.717) is 5.82 Å². The molecule has 0 radical (unpaired) electrons. The van der Waals surface area contributed by atoms with E-state index in [0.717, 1.165) is 59.2 Å². The number of fused-ring (bicyclic) bond motifs is 1. The number of nitrogens with one attached hydrogen (secondary N) is 2. The molecular formula is C21H25N5O. The Kier molecular flexibility index (Phi) is 4.58. The summed E-state index contributed by atoms with van der Waals surface area (Å²) in [6.45, 7) is 3.97. The van der Waals surface area contributed by atoms with Crippen molar-refractivity contribution in [2.45, 2.75) is 19.8 Å². The van der Waals surface area contributed by atoms with Crippen molar-refractivity contribution in [2.24, 2.45) is 5.92 Å². The fraction of sp³-hybridized carbons (Fsp3) is 0.333. The minimum absolute atomic E-state index is 0.0514. The molecule has 2 aromatic carbocycles. The van der Waals surface area contributed by atoms with E-state index in [9.17, 15) is 4.79 Å². The molecule has 0 saturated carbocycles. The van der Waals surface area contributed by atoms with E-state index < -0.39 is 0 Å². The molecule has 1 fully saturated rings. The van der Waals surface area contributed by atoms with Crippen molar-refractivity contribution in [3.63, 3.8) is 0 Å². The van der Waals surface area contributed by atoms with Crippen LogP contribution in [0.5, 0.6) is 0 Å². The SMILES string of the molecule is Cc1cc(N)ccc1-c1ccc2[nH]nc(NC(=O)C3CCN(C)CC3)c2c1. The van der Waals surface area contributed by atoms with Gasteiger partial charge in [0.1, 0.15) is 0 Å². The van der Waals surface area contributed by atoms with Crippen molar-refractivity contribution in [3.8, 4) is 11.1 Å². The summed E-state index contributed by atoms with van der Waals surface area (Å²) in [6, 6.07) is 12.0. The fourth-order valence-electron chi connectivity index (χ4n) is 3.78. The molecule has 0 atom stereocenters. The minimum atomic E-state index is 0.0514. The molecule has 6 nitrogen and oxygen atoms in total. The third-order valence-corrected chi connectivity index (χ3v) is 5.46. The number of H-pyrrole nitrogens is 1. The second-order valence-corrected chi connectivity index (χ2v) is 7.47. The van der Waals surface area contributed by atoms with Crippen LogP contribution in [0.2, 0.25) is 0 Å². The summed E-state index contributed by atoms with van der Waals surface area (Å²) >= 11 is 0. The van der Waals surface area contributed by atoms with E-state index in [4.69, 9.17) is 5.73 Å². The van der Waals surface area contributed by atoms with E-state index >= 15 is 0 Å². The standard InChI is InChI=1S/C21H25N5O/c1-13-11-16(22)4-5-17(13)15-3-6-19-18(12-15)20(25-24-19)23-21(27)14-7-9-26(2)10-8-14/h3-6,11-12,14H,7-10,22H2,1-2H3,(H2,23,24,25,27). The Morgan fingerprint density at radius 1 is 1.22 bits per heavy atom. The molecule has 4 N–H and O–H groups in total. The lowest BCUT2D eigenvalue weighted by Crippen LogP contribution is -2.36. The van der Waals surface area contributed by atoms with Crippen LogP contribution in [0.4, 0.5) is 11.5 Å². The molecule has 140 valence electrons. The summed E-state index contributed by atoms with van der Waals surface area (Å²) in [5.74, 6) is 0.713. The highest BCUT2D eigenvalue weighted by Crippen LogP contribution is 2.30. The number of anilines is 2. The van der Waals surface area contributed by atoms with Crippen molar-refractivity contribution >= 4 is 28.3 Å². The molecule has 1 saturated heterocycles. The lowest BCUT2D eigenvalue weighted by atomic mass is 9.96. The third-order valence-electron chi connectivity index (χ3n) is 5.46. The number of aromatic nitrogens is 2.